The maximum Gasteiger partial charge on any atom is 0.306 e. The van der Waals surface area contributed by atoms with Crippen molar-refractivity contribution in [2.45, 2.75) is 284 Å². The lowest BCUT2D eigenvalue weighted by atomic mass is 10.0. The average Bonchev–Trinajstić information content (AvgIpc) is 3.43. The van der Waals surface area contributed by atoms with Gasteiger partial charge in [-0.05, 0) is 116 Å². The fraction of sp³-hybridized carbons (Fsp3) is 0.648. The summed E-state index contributed by atoms with van der Waals surface area (Å²) in [5, 5.41) is 0. The van der Waals surface area contributed by atoms with Gasteiger partial charge in [-0.1, -0.05) is 276 Å². The van der Waals surface area contributed by atoms with Crippen molar-refractivity contribution in [2.24, 2.45) is 0 Å². The fourth-order valence-electron chi connectivity index (χ4n) is 8.41. The molecular weight excluding hydrogens is 949 g/mol. The number of unbranched alkanes of at least 4 members (excludes halogenated alkanes) is 23. The predicted octanol–water partition coefficient (Wildman–Crippen LogP) is 21.8. The third-order valence-electron chi connectivity index (χ3n) is 13.1. The predicted molar refractivity (Wildman–Crippen MR) is 334 cm³/mol. The molecule has 0 aromatic rings. The number of hydrogen-bond acceptors (Lipinski definition) is 6. The molecule has 0 heterocycles. The molecule has 0 fully saturated rings. The van der Waals surface area contributed by atoms with Crippen LogP contribution in [0.15, 0.2) is 134 Å². The smallest absolute Gasteiger partial charge is 0.306 e. The summed E-state index contributed by atoms with van der Waals surface area (Å²) in [6, 6.07) is 0. The summed E-state index contributed by atoms with van der Waals surface area (Å²) in [6.45, 7) is 6.43. The molecule has 0 aliphatic heterocycles. The van der Waals surface area contributed by atoms with E-state index in [1.807, 2.05) is 0 Å². The Balaban J connectivity index is 4.30. The second-order valence-corrected chi connectivity index (χ2v) is 20.6. The van der Waals surface area contributed by atoms with Crippen molar-refractivity contribution in [1.82, 2.24) is 0 Å². The van der Waals surface area contributed by atoms with E-state index >= 15 is 0 Å². The van der Waals surface area contributed by atoms with Crippen molar-refractivity contribution < 1.29 is 28.6 Å². The van der Waals surface area contributed by atoms with E-state index < -0.39 is 6.10 Å². The highest BCUT2D eigenvalue weighted by Crippen LogP contribution is 2.15. The zero-order valence-corrected chi connectivity index (χ0v) is 49.9. The number of rotatable bonds is 56. The fourth-order valence-corrected chi connectivity index (χ4v) is 8.41. The highest BCUT2D eigenvalue weighted by Gasteiger charge is 2.19. The molecule has 77 heavy (non-hydrogen) atoms. The summed E-state index contributed by atoms with van der Waals surface area (Å²) < 4.78 is 16.9. The van der Waals surface area contributed by atoms with E-state index in [2.05, 4.69) is 154 Å². The molecule has 0 rings (SSSR count). The number of esters is 3. The first-order valence-corrected chi connectivity index (χ1v) is 31.7. The van der Waals surface area contributed by atoms with Crippen LogP contribution in [-0.4, -0.2) is 37.2 Å². The summed E-state index contributed by atoms with van der Waals surface area (Å²) in [4.78, 5) is 38.2. The van der Waals surface area contributed by atoms with Gasteiger partial charge in [0, 0.05) is 19.3 Å². The molecule has 0 aromatic heterocycles. The van der Waals surface area contributed by atoms with Crippen LogP contribution in [0.4, 0.5) is 0 Å². The molecule has 0 aromatic carbocycles. The van der Waals surface area contributed by atoms with Gasteiger partial charge in [-0.2, -0.15) is 0 Å². The molecule has 0 aliphatic carbocycles. The molecule has 0 radical (unpaired) electrons. The molecule has 0 spiro atoms. The summed E-state index contributed by atoms with van der Waals surface area (Å²) in [7, 11) is 0. The molecule has 0 N–H and O–H groups in total. The Morgan fingerprint density at radius 3 is 0.844 bits per heavy atom. The van der Waals surface area contributed by atoms with Gasteiger partial charge < -0.3 is 14.2 Å². The minimum absolute atomic E-state index is 0.0907. The lowest BCUT2D eigenvalue weighted by molar-refractivity contribution is -0.167. The highest BCUT2D eigenvalue weighted by atomic mass is 16.6. The van der Waals surface area contributed by atoms with Crippen LogP contribution >= 0.6 is 0 Å². The first-order chi connectivity index (χ1) is 38.0. The van der Waals surface area contributed by atoms with Gasteiger partial charge in [0.15, 0.2) is 6.10 Å². The van der Waals surface area contributed by atoms with Gasteiger partial charge >= 0.3 is 17.9 Å². The van der Waals surface area contributed by atoms with Gasteiger partial charge in [0.1, 0.15) is 13.2 Å². The number of hydrogen-bond donors (Lipinski definition) is 0. The first kappa shape index (κ1) is 72.5. The number of carbonyl (C=O) groups excluding carboxylic acids is 3. The van der Waals surface area contributed by atoms with Crippen LogP contribution < -0.4 is 0 Å². The van der Waals surface area contributed by atoms with E-state index in [1.54, 1.807) is 0 Å². The topological polar surface area (TPSA) is 78.9 Å². The van der Waals surface area contributed by atoms with Crippen molar-refractivity contribution in [2.75, 3.05) is 13.2 Å². The molecule has 1 atom stereocenters. The molecule has 0 saturated carbocycles. The molecule has 0 amide bonds. The minimum Gasteiger partial charge on any atom is -0.462 e. The normalized spacial score (nSPS) is 13.0. The van der Waals surface area contributed by atoms with Crippen LogP contribution in [0.3, 0.4) is 0 Å². The van der Waals surface area contributed by atoms with Crippen LogP contribution in [-0.2, 0) is 28.6 Å². The second-order valence-electron chi connectivity index (χ2n) is 20.6. The zero-order chi connectivity index (χ0) is 55.7. The Kier molecular flexibility index (Phi) is 60.4. The molecule has 0 bridgehead atoms. The summed E-state index contributed by atoms with van der Waals surface area (Å²) in [6.07, 6.45) is 90.3. The SMILES string of the molecule is CC/C=C\C/C=C\C/C=C\C/C=C\C/C=C\C/C=C\C/C=C\C/C=C\C/C=C\CCCCCCCC(=O)OCC(COC(=O)CCCCCCCCCCCCCCC)OC(=O)CCCCCCC/C=C\C/C=C\CCC. The second kappa shape index (κ2) is 64.1. The lowest BCUT2D eigenvalue weighted by Gasteiger charge is -2.18. The van der Waals surface area contributed by atoms with Crippen LogP contribution in [0, 0.1) is 0 Å². The van der Waals surface area contributed by atoms with Crippen molar-refractivity contribution in [3.63, 3.8) is 0 Å². The molecule has 1 unspecified atom stereocenters. The van der Waals surface area contributed by atoms with E-state index in [-0.39, 0.29) is 31.1 Å². The Bertz CT molecular complexity index is 1650. The van der Waals surface area contributed by atoms with Crippen LogP contribution in [0.5, 0.6) is 0 Å². The third-order valence-corrected chi connectivity index (χ3v) is 13.1. The average molecular weight is 1070 g/mol. The lowest BCUT2D eigenvalue weighted by Crippen LogP contribution is -2.30. The summed E-state index contributed by atoms with van der Waals surface area (Å²) >= 11 is 0. The number of allylic oxidation sites excluding steroid dienone is 22. The molecule has 0 aliphatic rings. The quantitative estimate of drug-likeness (QED) is 0.0261. The highest BCUT2D eigenvalue weighted by molar-refractivity contribution is 5.71. The summed E-state index contributed by atoms with van der Waals surface area (Å²) in [5.41, 5.74) is 0. The van der Waals surface area contributed by atoms with E-state index in [1.165, 1.54) is 70.6 Å². The van der Waals surface area contributed by atoms with Gasteiger partial charge in [0.05, 0.1) is 0 Å². The van der Waals surface area contributed by atoms with Crippen molar-refractivity contribution in [1.29, 1.82) is 0 Å². The molecule has 436 valence electrons. The zero-order valence-electron chi connectivity index (χ0n) is 49.9. The van der Waals surface area contributed by atoms with Gasteiger partial charge in [0.25, 0.3) is 0 Å². The largest absolute Gasteiger partial charge is 0.462 e. The standard InChI is InChI=1S/C71H116O6/c1-4-7-10-13-16-19-22-25-26-27-28-29-30-31-32-33-34-35-36-37-38-39-40-41-42-43-44-47-49-52-55-58-61-64-70(73)76-67-68(77-71(74)65-62-59-56-53-50-46-24-21-18-15-12-9-6-3)66-75-69(72)63-60-57-54-51-48-45-23-20-17-14-11-8-5-2/h7,10,12,15-16,19,21,24-26,28-29,31-32,34-35,37-38,40-41,43-44,68H,4-6,8-9,11,13-14,17-18,20,22-23,27,30,33,36,39,42,45-67H2,1-3H3/b10-7-,15-12-,19-16-,24-21-,26-25-,29-28-,32-31-,35-34-,38-37-,41-40-,44-43-. The van der Waals surface area contributed by atoms with E-state index in [0.717, 1.165) is 167 Å². The van der Waals surface area contributed by atoms with Crippen LogP contribution in [0.1, 0.15) is 278 Å². The van der Waals surface area contributed by atoms with E-state index in [4.69, 9.17) is 14.2 Å². The molecular formula is C71H116O6. The minimum atomic E-state index is -0.796. The monoisotopic (exact) mass is 1060 g/mol. The van der Waals surface area contributed by atoms with Crippen molar-refractivity contribution >= 4 is 17.9 Å². The number of carbonyl (C=O) groups is 3. The van der Waals surface area contributed by atoms with Crippen molar-refractivity contribution in [3.05, 3.63) is 134 Å². The van der Waals surface area contributed by atoms with Gasteiger partial charge in [-0.3, -0.25) is 14.4 Å². The Hall–Kier alpha value is -4.45. The Morgan fingerprint density at radius 1 is 0.273 bits per heavy atom. The number of ether oxygens (including phenoxy) is 3. The van der Waals surface area contributed by atoms with Gasteiger partial charge in [0.2, 0.25) is 0 Å². The van der Waals surface area contributed by atoms with Gasteiger partial charge in [-0.15, -0.1) is 0 Å². The van der Waals surface area contributed by atoms with E-state index in [9.17, 15) is 14.4 Å². The maximum atomic E-state index is 12.8. The summed E-state index contributed by atoms with van der Waals surface area (Å²) in [5.74, 6) is -0.924. The van der Waals surface area contributed by atoms with Crippen molar-refractivity contribution in [3.8, 4) is 0 Å². The van der Waals surface area contributed by atoms with Gasteiger partial charge in [-0.25, -0.2) is 0 Å². The first-order valence-electron chi connectivity index (χ1n) is 31.7. The third kappa shape index (κ3) is 62.3. The maximum absolute atomic E-state index is 12.8. The Labute approximate surface area is 475 Å². The Morgan fingerprint density at radius 2 is 0.532 bits per heavy atom. The molecule has 6 nitrogen and oxygen atoms in total. The van der Waals surface area contributed by atoms with Crippen LogP contribution in [0.2, 0.25) is 0 Å². The van der Waals surface area contributed by atoms with Crippen LogP contribution in [0.25, 0.3) is 0 Å². The molecule has 0 saturated heterocycles. The molecule has 6 heteroatoms. The van der Waals surface area contributed by atoms with E-state index in [0.29, 0.717) is 19.3 Å².